The van der Waals surface area contributed by atoms with Crippen LogP contribution in [0.3, 0.4) is 0 Å². The molecule has 88 valence electrons. The van der Waals surface area contributed by atoms with Gasteiger partial charge in [0.15, 0.2) is 0 Å². The molecule has 0 bridgehead atoms. The van der Waals surface area contributed by atoms with Gasteiger partial charge < -0.3 is 10.4 Å². The Morgan fingerprint density at radius 3 is 2.62 bits per heavy atom. The van der Waals surface area contributed by atoms with Crippen LogP contribution in [0.25, 0.3) is 0 Å². The summed E-state index contributed by atoms with van der Waals surface area (Å²) >= 11 is 5.34. The Kier molecular flexibility index (Phi) is 4.77. The Hall–Kier alpha value is -1.06. The van der Waals surface area contributed by atoms with Crippen LogP contribution >= 0.6 is 11.6 Å². The standard InChI is InChI=1S/C12H16ClNO2/c1-12(16,7-8-14-11(15)9-13)10-5-3-2-4-6-10/h2-6,16H,7-9H2,1H3,(H,14,15). The van der Waals surface area contributed by atoms with Crippen LogP contribution in [-0.4, -0.2) is 23.4 Å². The first-order valence-corrected chi connectivity index (χ1v) is 5.70. The van der Waals surface area contributed by atoms with Crippen LogP contribution in [0.2, 0.25) is 0 Å². The van der Waals surface area contributed by atoms with Gasteiger partial charge in [-0.1, -0.05) is 30.3 Å². The summed E-state index contributed by atoms with van der Waals surface area (Å²) in [5.74, 6) is -0.265. The van der Waals surface area contributed by atoms with Gasteiger partial charge in [0.1, 0.15) is 5.88 Å². The molecule has 1 atom stereocenters. The molecule has 2 N–H and O–H groups in total. The first-order chi connectivity index (χ1) is 7.56. The van der Waals surface area contributed by atoms with Crippen LogP contribution in [0.1, 0.15) is 18.9 Å². The smallest absolute Gasteiger partial charge is 0.234 e. The number of hydrogen-bond donors (Lipinski definition) is 2. The molecule has 0 aliphatic rings. The maximum absolute atomic E-state index is 10.9. The van der Waals surface area contributed by atoms with E-state index in [1.54, 1.807) is 6.92 Å². The van der Waals surface area contributed by atoms with Gasteiger partial charge in [-0.25, -0.2) is 0 Å². The van der Waals surface area contributed by atoms with Crippen molar-refractivity contribution in [3.8, 4) is 0 Å². The normalized spacial score (nSPS) is 14.2. The van der Waals surface area contributed by atoms with E-state index in [4.69, 9.17) is 11.6 Å². The van der Waals surface area contributed by atoms with Crippen molar-refractivity contribution in [1.82, 2.24) is 5.32 Å². The third kappa shape index (κ3) is 3.83. The van der Waals surface area contributed by atoms with Crippen LogP contribution in [0.4, 0.5) is 0 Å². The molecule has 1 amide bonds. The highest BCUT2D eigenvalue weighted by molar-refractivity contribution is 6.27. The molecule has 0 aliphatic heterocycles. The lowest BCUT2D eigenvalue weighted by Crippen LogP contribution is -2.31. The Morgan fingerprint density at radius 1 is 1.44 bits per heavy atom. The Balaban J connectivity index is 2.49. The van der Waals surface area contributed by atoms with Crippen molar-refractivity contribution in [3.63, 3.8) is 0 Å². The number of hydrogen-bond acceptors (Lipinski definition) is 2. The number of alkyl halides is 1. The van der Waals surface area contributed by atoms with E-state index in [-0.39, 0.29) is 11.8 Å². The summed E-state index contributed by atoms with van der Waals surface area (Å²) in [6.07, 6.45) is 0.458. The lowest BCUT2D eigenvalue weighted by atomic mass is 9.93. The second-order valence-corrected chi connectivity index (χ2v) is 4.14. The highest BCUT2D eigenvalue weighted by atomic mass is 35.5. The summed E-state index contributed by atoms with van der Waals surface area (Å²) in [6.45, 7) is 2.14. The molecule has 0 spiro atoms. The maximum Gasteiger partial charge on any atom is 0.234 e. The van der Waals surface area contributed by atoms with Gasteiger partial charge in [-0.3, -0.25) is 4.79 Å². The van der Waals surface area contributed by atoms with Gasteiger partial charge in [-0.15, -0.1) is 11.6 Å². The van der Waals surface area contributed by atoms with Crippen LogP contribution in [0, 0.1) is 0 Å². The quantitative estimate of drug-likeness (QED) is 0.770. The summed E-state index contributed by atoms with van der Waals surface area (Å²) in [5.41, 5.74) is -0.0870. The zero-order valence-electron chi connectivity index (χ0n) is 9.24. The van der Waals surface area contributed by atoms with E-state index in [1.165, 1.54) is 0 Å². The second kappa shape index (κ2) is 5.87. The fraction of sp³-hybridized carbons (Fsp3) is 0.417. The average Bonchev–Trinajstić information content (AvgIpc) is 2.30. The number of rotatable bonds is 5. The molecule has 0 aromatic heterocycles. The van der Waals surface area contributed by atoms with Crippen molar-refractivity contribution in [3.05, 3.63) is 35.9 Å². The molecule has 1 aromatic rings. The molecule has 16 heavy (non-hydrogen) atoms. The van der Waals surface area contributed by atoms with Crippen molar-refractivity contribution in [2.75, 3.05) is 12.4 Å². The van der Waals surface area contributed by atoms with Gasteiger partial charge in [-0.05, 0) is 18.9 Å². The van der Waals surface area contributed by atoms with Gasteiger partial charge in [0, 0.05) is 6.54 Å². The van der Waals surface area contributed by atoms with Crippen molar-refractivity contribution < 1.29 is 9.90 Å². The molecule has 0 fully saturated rings. The third-order valence-electron chi connectivity index (χ3n) is 2.45. The molecular formula is C12H16ClNO2. The topological polar surface area (TPSA) is 49.3 Å². The molecule has 4 heteroatoms. The molecule has 0 radical (unpaired) electrons. The van der Waals surface area contributed by atoms with Crippen molar-refractivity contribution in [2.45, 2.75) is 18.9 Å². The molecule has 0 aliphatic carbocycles. The zero-order chi connectivity index (χ0) is 12.0. The van der Waals surface area contributed by atoms with Gasteiger partial charge >= 0.3 is 0 Å². The molecule has 0 heterocycles. The van der Waals surface area contributed by atoms with Crippen LogP contribution in [0.5, 0.6) is 0 Å². The molecular weight excluding hydrogens is 226 g/mol. The molecule has 3 nitrogen and oxygen atoms in total. The summed E-state index contributed by atoms with van der Waals surface area (Å²) in [5, 5.41) is 12.8. The Bertz CT molecular complexity index is 338. The maximum atomic E-state index is 10.9. The highest BCUT2D eigenvalue weighted by Crippen LogP contribution is 2.23. The molecule has 0 saturated carbocycles. The fourth-order valence-corrected chi connectivity index (χ4v) is 1.53. The van der Waals surface area contributed by atoms with E-state index in [0.717, 1.165) is 5.56 Å². The number of nitrogens with one attached hydrogen (secondary N) is 1. The molecule has 0 saturated heterocycles. The lowest BCUT2D eigenvalue weighted by molar-refractivity contribution is -0.118. The van der Waals surface area contributed by atoms with Crippen LogP contribution < -0.4 is 5.32 Å². The van der Waals surface area contributed by atoms with Crippen LogP contribution in [0.15, 0.2) is 30.3 Å². The van der Waals surface area contributed by atoms with Crippen molar-refractivity contribution in [2.24, 2.45) is 0 Å². The minimum absolute atomic E-state index is 0.0481. The summed E-state index contributed by atoms with van der Waals surface area (Å²) < 4.78 is 0. The Labute approximate surface area is 100 Å². The second-order valence-electron chi connectivity index (χ2n) is 3.87. The third-order valence-corrected chi connectivity index (χ3v) is 2.69. The molecule has 1 rings (SSSR count). The first kappa shape index (κ1) is 13.0. The predicted molar refractivity (Wildman–Crippen MR) is 64.4 cm³/mol. The zero-order valence-corrected chi connectivity index (χ0v) is 10.00. The summed E-state index contributed by atoms with van der Waals surface area (Å²) in [7, 11) is 0. The van der Waals surface area contributed by atoms with E-state index in [2.05, 4.69) is 5.32 Å². The number of amides is 1. The van der Waals surface area contributed by atoms with E-state index < -0.39 is 5.60 Å². The fourth-order valence-electron chi connectivity index (χ4n) is 1.43. The van der Waals surface area contributed by atoms with Gasteiger partial charge in [-0.2, -0.15) is 0 Å². The van der Waals surface area contributed by atoms with E-state index in [0.29, 0.717) is 13.0 Å². The monoisotopic (exact) mass is 241 g/mol. The summed E-state index contributed by atoms with van der Waals surface area (Å²) in [6, 6.07) is 9.38. The Morgan fingerprint density at radius 2 is 2.06 bits per heavy atom. The van der Waals surface area contributed by atoms with Gasteiger partial charge in [0.25, 0.3) is 0 Å². The highest BCUT2D eigenvalue weighted by Gasteiger charge is 2.22. The predicted octanol–water partition coefficient (Wildman–Crippen LogP) is 1.64. The largest absolute Gasteiger partial charge is 0.385 e. The summed E-state index contributed by atoms with van der Waals surface area (Å²) in [4.78, 5) is 10.9. The lowest BCUT2D eigenvalue weighted by Gasteiger charge is -2.23. The van der Waals surface area contributed by atoms with Crippen LogP contribution in [-0.2, 0) is 10.4 Å². The minimum atomic E-state index is -0.930. The van der Waals surface area contributed by atoms with Crippen molar-refractivity contribution in [1.29, 1.82) is 0 Å². The number of halogens is 1. The number of aliphatic hydroxyl groups is 1. The van der Waals surface area contributed by atoms with Gasteiger partial charge in [0.2, 0.25) is 5.91 Å². The number of benzene rings is 1. The van der Waals surface area contributed by atoms with Crippen molar-refractivity contribution >= 4 is 17.5 Å². The minimum Gasteiger partial charge on any atom is -0.385 e. The number of carbonyl (C=O) groups excluding carboxylic acids is 1. The molecule has 1 aromatic carbocycles. The molecule has 1 unspecified atom stereocenters. The number of carbonyl (C=O) groups is 1. The van der Waals surface area contributed by atoms with Gasteiger partial charge in [0.05, 0.1) is 5.60 Å². The first-order valence-electron chi connectivity index (χ1n) is 5.17. The van der Waals surface area contributed by atoms with E-state index >= 15 is 0 Å². The van der Waals surface area contributed by atoms with E-state index in [9.17, 15) is 9.90 Å². The average molecular weight is 242 g/mol. The van der Waals surface area contributed by atoms with E-state index in [1.807, 2.05) is 30.3 Å². The SMILES string of the molecule is CC(O)(CCNC(=O)CCl)c1ccccc1.